The van der Waals surface area contributed by atoms with E-state index in [1.807, 2.05) is 0 Å². The molecule has 2 aromatic carbocycles. The van der Waals surface area contributed by atoms with Gasteiger partial charge in [-0.25, -0.2) is 22.0 Å². The van der Waals surface area contributed by atoms with Crippen LogP contribution in [0.25, 0.3) is 11.1 Å². The van der Waals surface area contributed by atoms with Gasteiger partial charge in [-0.05, 0) is 42.3 Å². The molecule has 9 heteroatoms. The van der Waals surface area contributed by atoms with Crippen LogP contribution < -0.4 is 5.32 Å². The lowest BCUT2D eigenvalue weighted by Gasteiger charge is -2.42. The molecule has 28 heavy (non-hydrogen) atoms. The molecule has 0 saturated carbocycles. The Balaban J connectivity index is 1.60. The molecule has 2 amide bonds. The van der Waals surface area contributed by atoms with E-state index in [4.69, 9.17) is 0 Å². The van der Waals surface area contributed by atoms with Crippen LogP contribution in [0.4, 0.5) is 19.3 Å². The zero-order chi connectivity index (χ0) is 20.5. The normalized spacial score (nSPS) is 15.1. The van der Waals surface area contributed by atoms with Gasteiger partial charge in [-0.15, -0.1) is 0 Å². The van der Waals surface area contributed by atoms with Crippen LogP contribution in [-0.2, 0) is 10.0 Å². The first-order valence-corrected chi connectivity index (χ1v) is 10.4. The molecule has 0 bridgehead atoms. The van der Waals surface area contributed by atoms with E-state index in [2.05, 4.69) is 5.32 Å². The van der Waals surface area contributed by atoms with E-state index >= 15 is 0 Å². The van der Waals surface area contributed by atoms with Crippen LogP contribution in [0.3, 0.4) is 0 Å². The summed E-state index contributed by atoms with van der Waals surface area (Å²) in [4.78, 5) is 13.8. The third kappa shape index (κ3) is 4.31. The Hall–Kier alpha value is -2.52. The molecule has 0 unspecified atom stereocenters. The molecule has 1 N–H and O–H groups in total. The highest BCUT2D eigenvalue weighted by Gasteiger charge is 2.38. The molecule has 1 aliphatic heterocycles. The fraction of sp³-hybridized carbons (Fsp3) is 0.316. The van der Waals surface area contributed by atoms with Crippen LogP contribution in [0, 0.1) is 11.6 Å². The van der Waals surface area contributed by atoms with Crippen molar-refractivity contribution in [3.8, 4) is 11.1 Å². The lowest BCUT2D eigenvalue weighted by molar-refractivity contribution is 0.131. The van der Waals surface area contributed by atoms with Crippen LogP contribution in [0.5, 0.6) is 0 Å². The minimum absolute atomic E-state index is 0.0389. The number of halogens is 2. The number of nitrogens with one attached hydrogen (secondary N) is 1. The topological polar surface area (TPSA) is 69.7 Å². The van der Waals surface area contributed by atoms with Crippen LogP contribution in [-0.4, -0.2) is 55.6 Å². The summed E-state index contributed by atoms with van der Waals surface area (Å²) in [7, 11) is -1.62. The smallest absolute Gasteiger partial charge is 0.321 e. The Kier molecular flexibility index (Phi) is 5.66. The fourth-order valence-electron chi connectivity index (χ4n) is 2.92. The number of sulfonamides is 1. The van der Waals surface area contributed by atoms with Crippen molar-refractivity contribution >= 4 is 21.7 Å². The van der Waals surface area contributed by atoms with Gasteiger partial charge in [0.2, 0.25) is 10.0 Å². The Morgan fingerprint density at radius 3 is 2.21 bits per heavy atom. The van der Waals surface area contributed by atoms with Crippen molar-refractivity contribution in [1.29, 1.82) is 0 Å². The van der Waals surface area contributed by atoms with E-state index < -0.39 is 21.7 Å². The molecule has 1 saturated heterocycles. The monoisotopic (exact) mass is 409 g/mol. The molecular weight excluding hydrogens is 388 g/mol. The van der Waals surface area contributed by atoms with Gasteiger partial charge in [0, 0.05) is 31.9 Å². The van der Waals surface area contributed by atoms with E-state index in [9.17, 15) is 22.0 Å². The Bertz CT molecular complexity index is 954. The predicted molar refractivity (Wildman–Crippen MR) is 103 cm³/mol. The second-order valence-electron chi connectivity index (χ2n) is 6.65. The van der Waals surface area contributed by atoms with Crippen molar-refractivity contribution in [3.05, 3.63) is 54.1 Å². The first kappa shape index (κ1) is 20.2. The van der Waals surface area contributed by atoms with Gasteiger partial charge in [0.15, 0.2) is 0 Å². The molecule has 0 atom stereocenters. The summed E-state index contributed by atoms with van der Waals surface area (Å²) in [6.45, 7) is 2.15. The van der Waals surface area contributed by atoms with Crippen LogP contribution in [0.1, 0.15) is 6.92 Å². The van der Waals surface area contributed by atoms with Crippen molar-refractivity contribution < 1.29 is 22.0 Å². The van der Waals surface area contributed by atoms with Crippen molar-refractivity contribution in [1.82, 2.24) is 9.21 Å². The second kappa shape index (κ2) is 7.84. The number of rotatable bonds is 5. The van der Waals surface area contributed by atoms with Gasteiger partial charge < -0.3 is 10.2 Å². The Morgan fingerprint density at radius 2 is 1.68 bits per heavy atom. The molecular formula is C19H21F2N3O3S. The number of hydrogen-bond acceptors (Lipinski definition) is 3. The molecule has 1 aliphatic rings. The standard InChI is InChI=1S/C19H21F2N3O3S/c1-3-28(26,27)24-11-18(12-24)23(2)19(25)22-17-6-4-13(5-7-17)14-8-15(20)10-16(21)9-14/h4-10,18H,3,11-12H2,1-2H3,(H,22,25). The lowest BCUT2D eigenvalue weighted by Crippen LogP contribution is -2.61. The van der Waals surface area contributed by atoms with Crippen molar-refractivity contribution in [2.75, 3.05) is 31.2 Å². The maximum Gasteiger partial charge on any atom is 0.321 e. The highest BCUT2D eigenvalue weighted by Crippen LogP contribution is 2.24. The van der Waals surface area contributed by atoms with E-state index in [-0.39, 0.29) is 30.9 Å². The summed E-state index contributed by atoms with van der Waals surface area (Å²) < 4.78 is 51.6. The Morgan fingerprint density at radius 1 is 1.11 bits per heavy atom. The van der Waals surface area contributed by atoms with Gasteiger partial charge in [-0.1, -0.05) is 12.1 Å². The van der Waals surface area contributed by atoms with Crippen molar-refractivity contribution in [2.24, 2.45) is 0 Å². The van der Waals surface area contributed by atoms with Crippen molar-refractivity contribution in [2.45, 2.75) is 13.0 Å². The summed E-state index contributed by atoms with van der Waals surface area (Å²) in [5.74, 6) is -1.28. The van der Waals surface area contributed by atoms with Gasteiger partial charge in [-0.2, -0.15) is 4.31 Å². The molecule has 0 radical (unpaired) electrons. The lowest BCUT2D eigenvalue weighted by atomic mass is 10.1. The van der Waals surface area contributed by atoms with Gasteiger partial charge >= 0.3 is 6.03 Å². The highest BCUT2D eigenvalue weighted by molar-refractivity contribution is 7.89. The number of nitrogens with zero attached hydrogens (tertiary/aromatic N) is 2. The van der Waals surface area contributed by atoms with Crippen LogP contribution in [0.15, 0.2) is 42.5 Å². The van der Waals surface area contributed by atoms with Gasteiger partial charge in [0.25, 0.3) is 0 Å². The van der Waals surface area contributed by atoms with Crippen molar-refractivity contribution in [3.63, 3.8) is 0 Å². The Labute approximate surface area is 162 Å². The maximum atomic E-state index is 13.3. The number of likely N-dealkylation sites (N-methyl/N-ethyl adjacent to an activating group) is 1. The zero-order valence-electron chi connectivity index (χ0n) is 15.5. The van der Waals surface area contributed by atoms with E-state index in [0.717, 1.165) is 6.07 Å². The molecule has 0 spiro atoms. The number of anilines is 1. The summed E-state index contributed by atoms with van der Waals surface area (Å²) in [6, 6.07) is 9.32. The van der Waals surface area contributed by atoms with Gasteiger partial charge in [-0.3, -0.25) is 0 Å². The highest BCUT2D eigenvalue weighted by atomic mass is 32.2. The van der Waals surface area contributed by atoms with Crippen LogP contribution >= 0.6 is 0 Å². The van der Waals surface area contributed by atoms with E-state index in [0.29, 0.717) is 16.8 Å². The second-order valence-corrected chi connectivity index (χ2v) is 8.91. The minimum atomic E-state index is -3.23. The van der Waals surface area contributed by atoms with E-state index in [1.54, 1.807) is 38.2 Å². The zero-order valence-corrected chi connectivity index (χ0v) is 16.3. The molecule has 6 nitrogen and oxygen atoms in total. The van der Waals surface area contributed by atoms with E-state index in [1.165, 1.54) is 21.3 Å². The number of carbonyl (C=O) groups excluding carboxylic acids is 1. The molecule has 1 heterocycles. The minimum Gasteiger partial charge on any atom is -0.322 e. The summed E-state index contributed by atoms with van der Waals surface area (Å²) >= 11 is 0. The molecule has 150 valence electrons. The summed E-state index contributed by atoms with van der Waals surface area (Å²) in [5.41, 5.74) is 1.54. The average molecular weight is 409 g/mol. The summed E-state index contributed by atoms with van der Waals surface area (Å²) in [5, 5.41) is 2.73. The molecule has 0 aromatic heterocycles. The third-order valence-corrected chi connectivity index (χ3v) is 6.60. The first-order valence-electron chi connectivity index (χ1n) is 8.78. The molecule has 0 aliphatic carbocycles. The quantitative estimate of drug-likeness (QED) is 0.825. The predicted octanol–water partition coefficient (Wildman–Crippen LogP) is 3.13. The van der Waals surface area contributed by atoms with Gasteiger partial charge in [0.1, 0.15) is 11.6 Å². The SMILES string of the molecule is CCS(=O)(=O)N1CC(N(C)C(=O)Nc2ccc(-c3cc(F)cc(F)c3)cc2)C1. The molecule has 2 aromatic rings. The fourth-order valence-corrected chi connectivity index (χ4v) is 4.08. The number of hydrogen-bond donors (Lipinski definition) is 1. The summed E-state index contributed by atoms with van der Waals surface area (Å²) in [6.07, 6.45) is 0. The number of benzene rings is 2. The number of urea groups is 1. The first-order chi connectivity index (χ1) is 13.2. The number of carbonyl (C=O) groups is 1. The number of amides is 2. The third-order valence-electron chi connectivity index (χ3n) is 4.79. The maximum absolute atomic E-state index is 13.3. The average Bonchev–Trinajstić information content (AvgIpc) is 2.60. The van der Waals surface area contributed by atoms with Crippen LogP contribution in [0.2, 0.25) is 0 Å². The largest absolute Gasteiger partial charge is 0.322 e. The molecule has 1 fully saturated rings. The van der Waals surface area contributed by atoms with Gasteiger partial charge in [0.05, 0.1) is 11.8 Å². The molecule has 3 rings (SSSR count).